The molecule has 0 rings (SSSR count). The third kappa shape index (κ3) is 8.30. The number of nitrogens with one attached hydrogen (secondary N) is 2. The van der Waals surface area contributed by atoms with Gasteiger partial charge < -0.3 is 15.4 Å². The summed E-state index contributed by atoms with van der Waals surface area (Å²) in [5.41, 5.74) is 0. The van der Waals surface area contributed by atoms with Gasteiger partial charge in [-0.2, -0.15) is 0 Å². The topological polar surface area (TPSA) is 102 Å². The minimum Gasteiger partial charge on any atom is -0.466 e. The Hall–Kier alpha value is -1.83. The van der Waals surface area contributed by atoms with Crippen LogP contribution in [0.2, 0.25) is 0 Å². The first-order chi connectivity index (χ1) is 9.40. The molecule has 20 heavy (non-hydrogen) atoms. The molecule has 0 saturated carbocycles. The average molecular weight is 302 g/mol. The van der Waals surface area contributed by atoms with Crippen molar-refractivity contribution in [2.75, 3.05) is 19.4 Å². The van der Waals surface area contributed by atoms with E-state index in [1.165, 1.54) is 14.0 Å². The van der Waals surface area contributed by atoms with E-state index in [2.05, 4.69) is 15.4 Å². The van der Waals surface area contributed by atoms with Crippen LogP contribution in [0.15, 0.2) is 12.2 Å². The number of carbonyl (C=O) groups excluding carboxylic acids is 4. The SMILES string of the molecule is CCNC(=O)C(CSC(C)=O)NC(=O)/C=C/C(=O)OC. The summed E-state index contributed by atoms with van der Waals surface area (Å²) in [5.74, 6) is -1.55. The van der Waals surface area contributed by atoms with Gasteiger partial charge in [0.1, 0.15) is 6.04 Å². The molecule has 0 aromatic heterocycles. The van der Waals surface area contributed by atoms with Crippen molar-refractivity contribution in [1.82, 2.24) is 10.6 Å². The number of thioether (sulfide) groups is 1. The summed E-state index contributed by atoms with van der Waals surface area (Å²) >= 11 is 0.934. The molecular weight excluding hydrogens is 284 g/mol. The van der Waals surface area contributed by atoms with Gasteiger partial charge >= 0.3 is 5.97 Å². The Morgan fingerprint density at radius 3 is 2.40 bits per heavy atom. The molecular formula is C12H18N2O5S. The molecule has 1 unspecified atom stereocenters. The van der Waals surface area contributed by atoms with Crippen molar-refractivity contribution in [3.05, 3.63) is 12.2 Å². The Morgan fingerprint density at radius 1 is 1.25 bits per heavy atom. The van der Waals surface area contributed by atoms with Crippen LogP contribution in [0, 0.1) is 0 Å². The Bertz CT molecular complexity index is 409. The number of hydrogen-bond donors (Lipinski definition) is 2. The van der Waals surface area contributed by atoms with Crippen LogP contribution in [0.3, 0.4) is 0 Å². The van der Waals surface area contributed by atoms with Crippen molar-refractivity contribution < 1.29 is 23.9 Å². The van der Waals surface area contributed by atoms with E-state index in [1.807, 2.05) is 0 Å². The van der Waals surface area contributed by atoms with Gasteiger partial charge in [-0.05, 0) is 6.92 Å². The average Bonchev–Trinajstić information content (AvgIpc) is 2.40. The fourth-order valence-corrected chi connectivity index (χ4v) is 1.75. The third-order valence-electron chi connectivity index (χ3n) is 2.01. The number of ether oxygens (including phenoxy) is 1. The molecule has 0 aromatic carbocycles. The molecule has 0 aromatic rings. The fourth-order valence-electron chi connectivity index (χ4n) is 1.11. The number of esters is 1. The van der Waals surface area contributed by atoms with Crippen molar-refractivity contribution in [2.24, 2.45) is 0 Å². The van der Waals surface area contributed by atoms with Gasteiger partial charge in [-0.3, -0.25) is 14.4 Å². The van der Waals surface area contributed by atoms with Gasteiger partial charge in [-0.25, -0.2) is 4.79 Å². The molecule has 0 aliphatic carbocycles. The lowest BCUT2D eigenvalue weighted by atomic mass is 10.3. The minimum absolute atomic E-state index is 0.124. The minimum atomic E-state index is -0.848. The molecule has 0 aliphatic heterocycles. The first-order valence-electron chi connectivity index (χ1n) is 5.88. The standard InChI is InChI=1S/C12H18N2O5S/c1-4-13-12(18)9(7-20-8(2)15)14-10(16)5-6-11(17)19-3/h5-6,9H,4,7H2,1-3H3,(H,13,18)(H,14,16)/b6-5+. The maximum absolute atomic E-state index is 11.7. The summed E-state index contributed by atoms with van der Waals surface area (Å²) < 4.78 is 4.34. The highest BCUT2D eigenvalue weighted by Crippen LogP contribution is 2.04. The molecule has 7 nitrogen and oxygen atoms in total. The number of likely N-dealkylation sites (N-methyl/N-ethyl adjacent to an activating group) is 1. The highest BCUT2D eigenvalue weighted by Gasteiger charge is 2.20. The van der Waals surface area contributed by atoms with E-state index in [0.717, 1.165) is 23.9 Å². The predicted octanol–water partition coefficient (Wildman–Crippen LogP) is -0.384. The van der Waals surface area contributed by atoms with Crippen molar-refractivity contribution >= 4 is 34.7 Å². The van der Waals surface area contributed by atoms with Crippen LogP contribution in [-0.2, 0) is 23.9 Å². The molecule has 0 heterocycles. The molecule has 0 aliphatic rings. The largest absolute Gasteiger partial charge is 0.466 e. The number of carbonyl (C=O) groups is 4. The normalized spacial score (nSPS) is 11.8. The van der Waals surface area contributed by atoms with E-state index in [9.17, 15) is 19.2 Å². The highest BCUT2D eigenvalue weighted by atomic mass is 32.2. The number of amides is 2. The molecule has 112 valence electrons. The lowest BCUT2D eigenvalue weighted by Crippen LogP contribution is -2.48. The highest BCUT2D eigenvalue weighted by molar-refractivity contribution is 8.13. The van der Waals surface area contributed by atoms with Crippen molar-refractivity contribution in [3.63, 3.8) is 0 Å². The molecule has 2 amide bonds. The molecule has 0 radical (unpaired) electrons. The van der Waals surface area contributed by atoms with Crippen molar-refractivity contribution in [1.29, 1.82) is 0 Å². The van der Waals surface area contributed by atoms with Gasteiger partial charge in [-0.1, -0.05) is 11.8 Å². The van der Waals surface area contributed by atoms with Gasteiger partial charge in [0.05, 0.1) is 7.11 Å². The lowest BCUT2D eigenvalue weighted by molar-refractivity contribution is -0.135. The number of methoxy groups -OCH3 is 1. The van der Waals surface area contributed by atoms with Crippen LogP contribution in [0.4, 0.5) is 0 Å². The second-order valence-electron chi connectivity index (χ2n) is 3.61. The second-order valence-corrected chi connectivity index (χ2v) is 4.81. The van der Waals surface area contributed by atoms with Gasteiger partial charge in [0.15, 0.2) is 5.12 Å². The van der Waals surface area contributed by atoms with E-state index in [0.29, 0.717) is 6.54 Å². The molecule has 0 fully saturated rings. The smallest absolute Gasteiger partial charge is 0.330 e. The van der Waals surface area contributed by atoms with Crippen LogP contribution < -0.4 is 10.6 Å². The van der Waals surface area contributed by atoms with Gasteiger partial charge in [0.2, 0.25) is 11.8 Å². The molecule has 0 saturated heterocycles. The zero-order valence-corrected chi connectivity index (χ0v) is 12.4. The lowest BCUT2D eigenvalue weighted by Gasteiger charge is -2.16. The van der Waals surface area contributed by atoms with E-state index >= 15 is 0 Å². The molecule has 2 N–H and O–H groups in total. The molecule has 1 atom stereocenters. The third-order valence-corrected chi connectivity index (χ3v) is 2.92. The zero-order valence-electron chi connectivity index (χ0n) is 11.6. The fraction of sp³-hybridized carbons (Fsp3) is 0.500. The first-order valence-corrected chi connectivity index (χ1v) is 6.86. The van der Waals surface area contributed by atoms with Crippen LogP contribution in [0.5, 0.6) is 0 Å². The first kappa shape index (κ1) is 18.2. The van der Waals surface area contributed by atoms with Crippen molar-refractivity contribution in [3.8, 4) is 0 Å². The van der Waals surface area contributed by atoms with Crippen molar-refractivity contribution in [2.45, 2.75) is 19.9 Å². The quantitative estimate of drug-likeness (QED) is 0.491. The van der Waals surface area contributed by atoms with Crippen LogP contribution in [-0.4, -0.2) is 48.3 Å². The Labute approximate surface area is 121 Å². The monoisotopic (exact) mass is 302 g/mol. The van der Waals surface area contributed by atoms with E-state index in [-0.39, 0.29) is 16.8 Å². The summed E-state index contributed by atoms with van der Waals surface area (Å²) in [4.78, 5) is 45.0. The second kappa shape index (κ2) is 10.0. The van der Waals surface area contributed by atoms with E-state index in [4.69, 9.17) is 0 Å². The maximum atomic E-state index is 11.7. The molecule has 0 bridgehead atoms. The summed E-state index contributed by atoms with van der Waals surface area (Å²) in [6.45, 7) is 3.53. The van der Waals surface area contributed by atoms with Gasteiger partial charge in [0.25, 0.3) is 0 Å². The zero-order chi connectivity index (χ0) is 15.5. The molecule has 8 heteroatoms. The van der Waals surface area contributed by atoms with E-state index in [1.54, 1.807) is 6.92 Å². The van der Waals surface area contributed by atoms with Gasteiger partial charge in [0, 0.05) is 31.4 Å². The Morgan fingerprint density at radius 2 is 1.90 bits per heavy atom. The van der Waals surface area contributed by atoms with Crippen LogP contribution in [0.25, 0.3) is 0 Å². The predicted molar refractivity (Wildman–Crippen MR) is 74.9 cm³/mol. The summed E-state index contributed by atoms with van der Waals surface area (Å²) in [5, 5.41) is 4.82. The van der Waals surface area contributed by atoms with Crippen LogP contribution >= 0.6 is 11.8 Å². The van der Waals surface area contributed by atoms with Crippen LogP contribution in [0.1, 0.15) is 13.8 Å². The Kier molecular flexibility index (Phi) is 9.10. The summed E-state index contributed by atoms with van der Waals surface area (Å²) in [7, 11) is 1.19. The number of hydrogen-bond acceptors (Lipinski definition) is 6. The summed E-state index contributed by atoms with van der Waals surface area (Å²) in [6, 6.07) is -0.848. The summed E-state index contributed by atoms with van der Waals surface area (Å²) in [6.07, 6.45) is 1.92. The number of rotatable bonds is 7. The molecule has 0 spiro atoms. The Balaban J connectivity index is 4.58. The maximum Gasteiger partial charge on any atom is 0.330 e. The van der Waals surface area contributed by atoms with E-state index < -0.39 is 17.9 Å². The van der Waals surface area contributed by atoms with Gasteiger partial charge in [-0.15, -0.1) is 0 Å².